The van der Waals surface area contributed by atoms with Crippen molar-refractivity contribution in [2.75, 3.05) is 18.4 Å². The molecule has 3 rings (SSSR count). The number of nitrogens with one attached hydrogen (secondary N) is 3. The summed E-state index contributed by atoms with van der Waals surface area (Å²) < 4.78 is 100. The second-order valence-corrected chi connectivity index (χ2v) is 11.4. The highest BCUT2D eigenvalue weighted by molar-refractivity contribution is 7.89. The Bertz CT molecular complexity index is 1470. The van der Waals surface area contributed by atoms with Crippen LogP contribution in [-0.4, -0.2) is 60.7 Å². The Labute approximate surface area is 248 Å². The van der Waals surface area contributed by atoms with E-state index in [9.17, 15) is 44.3 Å². The number of amides is 2. The van der Waals surface area contributed by atoms with Crippen LogP contribution in [-0.2, 0) is 30.6 Å². The van der Waals surface area contributed by atoms with Crippen LogP contribution in [0.2, 0.25) is 0 Å². The second-order valence-electron chi connectivity index (χ2n) is 9.53. The number of sulfonamides is 1. The molecule has 0 aliphatic carbocycles. The largest absolute Gasteiger partial charge is 0.490 e. The Morgan fingerprint density at radius 3 is 2.00 bits per heavy atom. The van der Waals surface area contributed by atoms with E-state index in [4.69, 9.17) is 21.0 Å². The molecule has 1 atom stereocenters. The first kappa shape index (κ1) is 36.0. The number of carbonyl (C=O) groups is 3. The fraction of sp³-hybridized carbons (Fsp3) is 0.385. The van der Waals surface area contributed by atoms with Crippen molar-refractivity contribution >= 4 is 39.3 Å². The fourth-order valence-corrected chi connectivity index (χ4v) is 5.68. The quantitative estimate of drug-likeness (QED) is 0.123. The average molecular weight is 654 g/mol. The number of hydrogen-bond acceptors (Lipinski definition) is 6. The number of anilines is 1. The maximum absolute atomic E-state index is 13.9. The third kappa shape index (κ3) is 10.2. The molecule has 0 radical (unpaired) electrons. The lowest BCUT2D eigenvalue weighted by atomic mass is 10.0. The van der Waals surface area contributed by atoms with Gasteiger partial charge >= 0.3 is 18.3 Å². The van der Waals surface area contributed by atoms with Crippen molar-refractivity contribution in [3.05, 3.63) is 59.2 Å². The number of halogens is 6. The summed E-state index contributed by atoms with van der Waals surface area (Å²) in [6, 6.07) is 8.00. The molecule has 1 fully saturated rings. The molecule has 1 aliphatic heterocycles. The maximum Gasteiger partial charge on any atom is 0.490 e. The number of benzene rings is 2. The van der Waals surface area contributed by atoms with E-state index in [0.29, 0.717) is 24.1 Å². The van der Waals surface area contributed by atoms with Gasteiger partial charge in [0.2, 0.25) is 21.8 Å². The number of carboxylic acid groups (broad SMARTS) is 1. The van der Waals surface area contributed by atoms with Gasteiger partial charge in [-0.25, -0.2) is 13.2 Å². The van der Waals surface area contributed by atoms with Gasteiger partial charge in [-0.1, -0.05) is 12.5 Å². The van der Waals surface area contributed by atoms with E-state index in [1.54, 1.807) is 0 Å². The van der Waals surface area contributed by atoms with Crippen LogP contribution in [0.3, 0.4) is 0 Å². The monoisotopic (exact) mass is 653 g/mol. The van der Waals surface area contributed by atoms with Gasteiger partial charge in [0.05, 0.1) is 16.5 Å². The maximum atomic E-state index is 13.9. The third-order valence-corrected chi connectivity index (χ3v) is 8.12. The van der Waals surface area contributed by atoms with Crippen molar-refractivity contribution in [3.63, 3.8) is 0 Å². The smallest absolute Gasteiger partial charge is 0.475 e. The van der Waals surface area contributed by atoms with E-state index in [1.165, 1.54) is 37.3 Å². The van der Waals surface area contributed by atoms with Crippen LogP contribution in [0.25, 0.3) is 0 Å². The number of aliphatic carboxylic acids is 1. The molecule has 44 heavy (non-hydrogen) atoms. The van der Waals surface area contributed by atoms with Crippen LogP contribution in [0, 0.1) is 5.41 Å². The summed E-state index contributed by atoms with van der Waals surface area (Å²) in [5.41, 5.74) is 4.94. The van der Waals surface area contributed by atoms with Crippen LogP contribution >= 0.6 is 0 Å². The first-order valence-corrected chi connectivity index (χ1v) is 14.2. The molecule has 1 unspecified atom stereocenters. The van der Waals surface area contributed by atoms with Crippen molar-refractivity contribution in [1.29, 1.82) is 5.41 Å². The SMILES string of the molecule is CC(NC(=O)CC(=O)Nc1ccc(C(=N)N)cc1)c1ccc(S(=O)(=O)N2CCCCC2)c(C(F)(F)F)c1.O=C(O)C(F)(F)F. The van der Waals surface area contributed by atoms with Gasteiger partial charge in [-0.05, 0) is 61.7 Å². The van der Waals surface area contributed by atoms with Gasteiger partial charge in [0.15, 0.2) is 0 Å². The number of rotatable bonds is 8. The minimum absolute atomic E-state index is 0.0403. The van der Waals surface area contributed by atoms with Crippen LogP contribution in [0.15, 0.2) is 47.4 Å². The summed E-state index contributed by atoms with van der Waals surface area (Å²) in [6.07, 6.45) is -8.63. The highest BCUT2D eigenvalue weighted by Crippen LogP contribution is 2.37. The van der Waals surface area contributed by atoms with Gasteiger partial charge in [0.25, 0.3) is 0 Å². The standard InChI is InChI=1S/C24H28F3N5O4S.C2HF3O2/c1-15(30-21(33)14-22(34)31-18-8-5-16(6-9-18)23(28)29)17-7-10-20(19(13-17)24(25,26)27)37(35,36)32-11-3-2-4-12-32;3-2(4,5)1(6)7/h5-10,13,15H,2-4,11-12,14H2,1H3,(H3,28,29)(H,30,33)(H,31,34);(H,6,7). The zero-order chi connectivity index (χ0) is 33.5. The summed E-state index contributed by atoms with van der Waals surface area (Å²) >= 11 is 0. The van der Waals surface area contributed by atoms with Crippen molar-refractivity contribution in [3.8, 4) is 0 Å². The van der Waals surface area contributed by atoms with Gasteiger partial charge in [0.1, 0.15) is 12.3 Å². The molecule has 2 aromatic carbocycles. The summed E-state index contributed by atoms with van der Waals surface area (Å²) in [7, 11) is -4.34. The molecule has 1 saturated heterocycles. The van der Waals surface area contributed by atoms with Crippen molar-refractivity contribution in [1.82, 2.24) is 9.62 Å². The Morgan fingerprint density at radius 1 is 0.977 bits per heavy atom. The number of nitrogens with two attached hydrogens (primary N) is 1. The van der Waals surface area contributed by atoms with Crippen molar-refractivity contribution < 1.29 is 54.3 Å². The number of alkyl halides is 6. The van der Waals surface area contributed by atoms with Crippen molar-refractivity contribution in [2.45, 2.75) is 55.9 Å². The van der Waals surface area contributed by atoms with E-state index in [-0.39, 0.29) is 24.5 Å². The summed E-state index contributed by atoms with van der Waals surface area (Å²) in [6.45, 7) is 1.76. The number of nitrogens with zero attached hydrogens (tertiary/aromatic N) is 1. The van der Waals surface area contributed by atoms with E-state index < -0.39 is 63.1 Å². The summed E-state index contributed by atoms with van der Waals surface area (Å²) in [5, 5.41) is 19.5. The predicted molar refractivity (Wildman–Crippen MR) is 145 cm³/mol. The molecule has 242 valence electrons. The molecule has 18 heteroatoms. The molecular formula is C26H29F6N5O6S. The number of hydrogen-bond donors (Lipinski definition) is 5. The van der Waals surface area contributed by atoms with Crippen LogP contribution < -0.4 is 16.4 Å². The molecule has 1 heterocycles. The Hall–Kier alpha value is -4.19. The molecule has 2 amide bonds. The topological polar surface area (TPSA) is 183 Å². The second kappa shape index (κ2) is 14.5. The first-order valence-electron chi connectivity index (χ1n) is 12.8. The lowest BCUT2D eigenvalue weighted by Gasteiger charge is -2.27. The Balaban J connectivity index is 0.000000860. The molecular weight excluding hydrogens is 624 g/mol. The molecule has 1 aliphatic rings. The number of amidine groups is 1. The summed E-state index contributed by atoms with van der Waals surface area (Å²) in [4.78, 5) is 32.6. The molecule has 2 aromatic rings. The third-order valence-electron chi connectivity index (χ3n) is 6.16. The minimum Gasteiger partial charge on any atom is -0.475 e. The van der Waals surface area contributed by atoms with Gasteiger partial charge in [-0.2, -0.15) is 30.6 Å². The predicted octanol–water partition coefficient (Wildman–Crippen LogP) is 4.00. The zero-order valence-corrected chi connectivity index (χ0v) is 23.9. The van der Waals surface area contributed by atoms with Gasteiger partial charge in [0, 0.05) is 24.3 Å². The molecule has 0 bridgehead atoms. The normalized spacial score (nSPS) is 14.9. The Kier molecular flexibility index (Phi) is 11.9. The lowest BCUT2D eigenvalue weighted by Crippen LogP contribution is -2.36. The van der Waals surface area contributed by atoms with Crippen LogP contribution in [0.5, 0.6) is 0 Å². The Morgan fingerprint density at radius 2 is 1.52 bits per heavy atom. The van der Waals surface area contributed by atoms with E-state index in [0.717, 1.165) is 22.9 Å². The lowest BCUT2D eigenvalue weighted by molar-refractivity contribution is -0.192. The molecule has 11 nitrogen and oxygen atoms in total. The number of nitrogen functional groups attached to an aromatic ring is 1. The number of carbonyl (C=O) groups excluding carboxylic acids is 2. The fourth-order valence-electron chi connectivity index (χ4n) is 3.97. The van der Waals surface area contributed by atoms with Gasteiger partial charge in [-0.3, -0.25) is 15.0 Å². The van der Waals surface area contributed by atoms with Crippen LogP contribution in [0.1, 0.15) is 55.3 Å². The number of carboxylic acids is 1. The molecule has 0 aromatic heterocycles. The first-order chi connectivity index (χ1) is 20.2. The van der Waals surface area contributed by atoms with E-state index in [2.05, 4.69) is 10.6 Å². The van der Waals surface area contributed by atoms with Gasteiger partial charge in [-0.15, -0.1) is 0 Å². The number of piperidine rings is 1. The summed E-state index contributed by atoms with van der Waals surface area (Å²) in [5.74, 6) is -4.28. The highest BCUT2D eigenvalue weighted by atomic mass is 32.2. The van der Waals surface area contributed by atoms with Gasteiger partial charge < -0.3 is 21.5 Å². The minimum atomic E-state index is -5.08. The van der Waals surface area contributed by atoms with E-state index in [1.807, 2.05) is 0 Å². The highest BCUT2D eigenvalue weighted by Gasteiger charge is 2.40. The molecule has 0 saturated carbocycles. The zero-order valence-electron chi connectivity index (χ0n) is 23.1. The molecule has 6 N–H and O–H groups in total. The van der Waals surface area contributed by atoms with Crippen molar-refractivity contribution in [2.24, 2.45) is 5.73 Å². The average Bonchev–Trinajstić information content (AvgIpc) is 2.92. The molecule has 0 spiro atoms. The van der Waals surface area contributed by atoms with E-state index >= 15 is 0 Å². The van der Waals surface area contributed by atoms with Crippen LogP contribution in [0.4, 0.5) is 32.0 Å².